The number of carbonyl (C=O) groups is 2. The van der Waals surface area contributed by atoms with Crippen LogP contribution in [0.2, 0.25) is 0 Å². The maximum Gasteiger partial charge on any atom is 0.242 e. The highest BCUT2D eigenvalue weighted by molar-refractivity contribution is 5.86. The average molecular weight is 514 g/mol. The van der Waals surface area contributed by atoms with Crippen LogP contribution in [0.4, 0.5) is 5.82 Å². The number of nitrogens with zero attached hydrogens (tertiary/aromatic N) is 5. The smallest absolute Gasteiger partial charge is 0.242 e. The summed E-state index contributed by atoms with van der Waals surface area (Å²) in [6.45, 7) is 3.59. The first-order valence-corrected chi connectivity index (χ1v) is 13.4. The number of aromatic nitrogens is 2. The maximum atomic E-state index is 13.3. The van der Waals surface area contributed by atoms with Gasteiger partial charge in [-0.25, -0.2) is 0 Å². The van der Waals surface area contributed by atoms with Crippen LogP contribution in [-0.2, 0) is 16.0 Å². The predicted octanol–water partition coefficient (Wildman–Crippen LogP) is 3.67. The van der Waals surface area contributed by atoms with Gasteiger partial charge in [0.1, 0.15) is 5.75 Å². The Bertz CT molecular complexity index is 1210. The minimum atomic E-state index is 0.0230. The van der Waals surface area contributed by atoms with E-state index in [1.165, 1.54) is 0 Å². The quantitative estimate of drug-likeness (QED) is 0.435. The van der Waals surface area contributed by atoms with Crippen molar-refractivity contribution in [3.8, 4) is 17.0 Å². The predicted molar refractivity (Wildman–Crippen MR) is 147 cm³/mol. The molecular weight excluding hydrogens is 478 g/mol. The molecule has 0 spiro atoms. The minimum absolute atomic E-state index is 0.0230. The lowest BCUT2D eigenvalue weighted by atomic mass is 10.1. The second-order valence-electron chi connectivity index (χ2n) is 10.1. The molecule has 1 aliphatic carbocycles. The van der Waals surface area contributed by atoms with Crippen molar-refractivity contribution < 1.29 is 14.3 Å². The highest BCUT2D eigenvalue weighted by Gasteiger charge is 2.29. The van der Waals surface area contributed by atoms with E-state index in [4.69, 9.17) is 4.74 Å². The molecule has 2 aliphatic rings. The first-order valence-electron chi connectivity index (χ1n) is 13.4. The van der Waals surface area contributed by atoms with Gasteiger partial charge in [-0.1, -0.05) is 30.3 Å². The molecule has 2 aromatic carbocycles. The molecule has 0 atom stereocenters. The molecule has 1 aromatic heterocycles. The SMILES string of the molecule is COc1ccc(-c2ccc(N3CCCN(C(=O)CN(CC4CC4)C(=O)Cc4ccccc4)CC3)nn2)cc1. The van der Waals surface area contributed by atoms with E-state index < -0.39 is 0 Å². The summed E-state index contributed by atoms with van der Waals surface area (Å²) >= 11 is 0. The molecule has 0 bridgehead atoms. The molecule has 2 heterocycles. The fourth-order valence-electron chi connectivity index (χ4n) is 4.82. The van der Waals surface area contributed by atoms with Crippen LogP contribution in [0.25, 0.3) is 11.3 Å². The number of hydrogen-bond acceptors (Lipinski definition) is 6. The third-order valence-electron chi connectivity index (χ3n) is 7.26. The zero-order chi connectivity index (χ0) is 26.3. The highest BCUT2D eigenvalue weighted by atomic mass is 16.5. The van der Waals surface area contributed by atoms with Crippen LogP contribution in [0.1, 0.15) is 24.8 Å². The van der Waals surface area contributed by atoms with Crippen LogP contribution in [0, 0.1) is 5.92 Å². The Kier molecular flexibility index (Phi) is 8.16. The van der Waals surface area contributed by atoms with Crippen LogP contribution in [-0.4, -0.2) is 78.2 Å². The first-order chi connectivity index (χ1) is 18.6. The second kappa shape index (κ2) is 12.1. The summed E-state index contributed by atoms with van der Waals surface area (Å²) in [7, 11) is 1.65. The first kappa shape index (κ1) is 25.7. The summed E-state index contributed by atoms with van der Waals surface area (Å²) in [6, 6.07) is 21.5. The van der Waals surface area contributed by atoms with E-state index >= 15 is 0 Å². The number of rotatable bonds is 9. The van der Waals surface area contributed by atoms with E-state index in [1.54, 1.807) is 12.0 Å². The molecule has 0 N–H and O–H groups in total. The maximum absolute atomic E-state index is 13.3. The lowest BCUT2D eigenvalue weighted by Gasteiger charge is -2.27. The van der Waals surface area contributed by atoms with Crippen molar-refractivity contribution in [3.63, 3.8) is 0 Å². The number of ether oxygens (including phenoxy) is 1. The third-order valence-corrected chi connectivity index (χ3v) is 7.26. The van der Waals surface area contributed by atoms with Crippen molar-refractivity contribution in [2.45, 2.75) is 25.7 Å². The van der Waals surface area contributed by atoms with Gasteiger partial charge in [-0.15, -0.1) is 10.2 Å². The van der Waals surface area contributed by atoms with Gasteiger partial charge in [0.25, 0.3) is 0 Å². The summed E-state index contributed by atoms with van der Waals surface area (Å²) in [6.07, 6.45) is 3.45. The number of carbonyl (C=O) groups excluding carboxylic acids is 2. The Hall–Kier alpha value is -3.94. The van der Waals surface area contributed by atoms with E-state index in [0.717, 1.165) is 54.2 Å². The summed E-state index contributed by atoms with van der Waals surface area (Å²) < 4.78 is 5.23. The fraction of sp³-hybridized carbons (Fsp3) is 0.400. The normalized spacial score (nSPS) is 15.6. The molecule has 1 saturated heterocycles. The van der Waals surface area contributed by atoms with Gasteiger partial charge in [-0.3, -0.25) is 9.59 Å². The minimum Gasteiger partial charge on any atom is -0.497 e. The summed E-state index contributed by atoms with van der Waals surface area (Å²) in [5.74, 6) is 2.19. The summed E-state index contributed by atoms with van der Waals surface area (Å²) in [4.78, 5) is 32.2. The van der Waals surface area contributed by atoms with Gasteiger partial charge >= 0.3 is 0 Å². The number of methoxy groups -OCH3 is 1. The number of anilines is 1. The zero-order valence-electron chi connectivity index (χ0n) is 22.0. The van der Waals surface area contributed by atoms with Gasteiger partial charge < -0.3 is 19.4 Å². The molecule has 1 aliphatic heterocycles. The molecule has 0 radical (unpaired) electrons. The van der Waals surface area contributed by atoms with Crippen LogP contribution < -0.4 is 9.64 Å². The molecular formula is C30H35N5O3. The Morgan fingerprint density at radius 3 is 2.39 bits per heavy atom. The molecule has 198 valence electrons. The Balaban J connectivity index is 1.17. The van der Waals surface area contributed by atoms with Crippen molar-refractivity contribution in [2.24, 2.45) is 5.92 Å². The van der Waals surface area contributed by atoms with Crippen molar-refractivity contribution >= 4 is 17.6 Å². The molecule has 2 fully saturated rings. The van der Waals surface area contributed by atoms with E-state index in [1.807, 2.05) is 71.6 Å². The molecule has 2 amide bonds. The van der Waals surface area contributed by atoms with Gasteiger partial charge in [0.05, 0.1) is 25.8 Å². The number of benzene rings is 2. The van der Waals surface area contributed by atoms with Crippen molar-refractivity contribution in [3.05, 3.63) is 72.3 Å². The van der Waals surface area contributed by atoms with Crippen LogP contribution in [0.3, 0.4) is 0 Å². The van der Waals surface area contributed by atoms with E-state index in [2.05, 4.69) is 15.1 Å². The van der Waals surface area contributed by atoms with Gasteiger partial charge in [-0.2, -0.15) is 0 Å². The number of hydrogen-bond donors (Lipinski definition) is 0. The molecule has 8 nitrogen and oxygen atoms in total. The summed E-state index contributed by atoms with van der Waals surface area (Å²) in [5, 5.41) is 8.91. The van der Waals surface area contributed by atoms with Gasteiger partial charge in [-0.05, 0) is 67.1 Å². The van der Waals surface area contributed by atoms with Crippen LogP contribution in [0.15, 0.2) is 66.7 Å². The average Bonchev–Trinajstić information content (AvgIpc) is 3.80. The second-order valence-corrected chi connectivity index (χ2v) is 10.1. The standard InChI is InChI=1S/C30H35N5O3/c1-38-26-12-10-25(11-13-26)27-14-15-28(32-31-27)33-16-5-17-34(19-18-33)30(37)22-35(21-24-8-9-24)29(36)20-23-6-3-2-4-7-23/h2-4,6-7,10-15,24H,5,8-9,16-22H2,1H3. The van der Waals surface area contributed by atoms with E-state index in [9.17, 15) is 9.59 Å². The van der Waals surface area contributed by atoms with Gasteiger partial charge in [0, 0.05) is 38.3 Å². The van der Waals surface area contributed by atoms with Crippen LogP contribution in [0.5, 0.6) is 5.75 Å². The summed E-state index contributed by atoms with van der Waals surface area (Å²) in [5.41, 5.74) is 2.77. The topological polar surface area (TPSA) is 78.9 Å². The molecule has 1 saturated carbocycles. The van der Waals surface area contributed by atoms with Crippen molar-refractivity contribution in [1.82, 2.24) is 20.0 Å². The molecule has 5 rings (SSSR count). The Morgan fingerprint density at radius 2 is 1.71 bits per heavy atom. The third kappa shape index (κ3) is 6.68. The Morgan fingerprint density at radius 1 is 0.921 bits per heavy atom. The van der Waals surface area contributed by atoms with Gasteiger partial charge in [0.2, 0.25) is 11.8 Å². The zero-order valence-corrected chi connectivity index (χ0v) is 22.0. The molecule has 38 heavy (non-hydrogen) atoms. The molecule has 8 heteroatoms. The largest absolute Gasteiger partial charge is 0.497 e. The monoisotopic (exact) mass is 513 g/mol. The van der Waals surface area contributed by atoms with Gasteiger partial charge in [0.15, 0.2) is 5.82 Å². The van der Waals surface area contributed by atoms with Crippen LogP contribution >= 0.6 is 0 Å². The van der Waals surface area contributed by atoms with E-state index in [0.29, 0.717) is 38.5 Å². The number of amides is 2. The fourth-order valence-corrected chi connectivity index (χ4v) is 4.82. The highest BCUT2D eigenvalue weighted by Crippen LogP contribution is 2.30. The molecule has 3 aromatic rings. The Labute approximate surface area is 224 Å². The van der Waals surface area contributed by atoms with Crippen molar-refractivity contribution in [1.29, 1.82) is 0 Å². The lowest BCUT2D eigenvalue weighted by Crippen LogP contribution is -2.45. The lowest BCUT2D eigenvalue weighted by molar-refractivity contribution is -0.140. The molecule has 0 unspecified atom stereocenters. The van der Waals surface area contributed by atoms with E-state index in [-0.39, 0.29) is 18.4 Å². The van der Waals surface area contributed by atoms with Crippen molar-refractivity contribution in [2.75, 3.05) is 51.3 Å².